The molecule has 0 heterocycles. The largest absolute Gasteiger partial charge is 0.393 e. The summed E-state index contributed by atoms with van der Waals surface area (Å²) in [6, 6.07) is 0. The molecule has 66 valence electrons. The lowest BCUT2D eigenvalue weighted by molar-refractivity contribution is -0.862. The van der Waals surface area contributed by atoms with E-state index in [0.717, 1.165) is 13.0 Å². The molecule has 0 unspecified atom stereocenters. The van der Waals surface area contributed by atoms with Gasteiger partial charge in [0, 0.05) is 5.92 Å². The van der Waals surface area contributed by atoms with Crippen LogP contribution in [-0.2, 0) is 0 Å². The van der Waals surface area contributed by atoms with Crippen molar-refractivity contribution in [1.29, 1.82) is 0 Å². The maximum absolute atomic E-state index is 9.60. The monoisotopic (exact) mass is 158 g/mol. The van der Waals surface area contributed by atoms with E-state index in [1.807, 2.05) is 0 Å². The molecule has 0 radical (unpaired) electrons. The fourth-order valence-corrected chi connectivity index (χ4v) is 1.95. The standard InChI is InChI=1S/C9H19NO/c1-10(2)7-8-5-3-4-6-9(8)11/h8-9,11H,3-7H2,1-2H3/p+1/t8-,9+/m1/s1. The Morgan fingerprint density at radius 1 is 1.27 bits per heavy atom. The van der Waals surface area contributed by atoms with Crippen LogP contribution in [0.25, 0.3) is 0 Å². The van der Waals surface area contributed by atoms with Crippen molar-refractivity contribution in [3.05, 3.63) is 0 Å². The second kappa shape index (κ2) is 4.07. The summed E-state index contributed by atoms with van der Waals surface area (Å²) in [5.74, 6) is 0.564. The summed E-state index contributed by atoms with van der Waals surface area (Å²) in [7, 11) is 4.31. The first-order valence-corrected chi connectivity index (χ1v) is 4.67. The molecule has 1 rings (SSSR count). The van der Waals surface area contributed by atoms with E-state index in [-0.39, 0.29) is 6.10 Å². The summed E-state index contributed by atoms with van der Waals surface area (Å²) >= 11 is 0. The van der Waals surface area contributed by atoms with Gasteiger partial charge in [0.2, 0.25) is 0 Å². The summed E-state index contributed by atoms with van der Waals surface area (Å²) < 4.78 is 0. The van der Waals surface area contributed by atoms with Crippen LogP contribution in [-0.4, -0.2) is 31.9 Å². The minimum atomic E-state index is -0.0151. The van der Waals surface area contributed by atoms with Gasteiger partial charge in [-0.3, -0.25) is 0 Å². The number of hydrogen-bond donors (Lipinski definition) is 2. The van der Waals surface area contributed by atoms with E-state index < -0.39 is 0 Å². The van der Waals surface area contributed by atoms with Gasteiger partial charge < -0.3 is 10.0 Å². The Labute approximate surface area is 69.2 Å². The van der Waals surface area contributed by atoms with E-state index in [2.05, 4.69) is 14.1 Å². The van der Waals surface area contributed by atoms with Crippen molar-refractivity contribution >= 4 is 0 Å². The van der Waals surface area contributed by atoms with Crippen LogP contribution in [0.1, 0.15) is 25.7 Å². The van der Waals surface area contributed by atoms with Gasteiger partial charge in [-0.15, -0.1) is 0 Å². The highest BCUT2D eigenvalue weighted by Crippen LogP contribution is 2.22. The first-order chi connectivity index (χ1) is 5.20. The van der Waals surface area contributed by atoms with Gasteiger partial charge >= 0.3 is 0 Å². The molecule has 1 aliphatic carbocycles. The highest BCUT2D eigenvalue weighted by atomic mass is 16.3. The Morgan fingerprint density at radius 2 is 1.91 bits per heavy atom. The molecule has 0 aromatic heterocycles. The lowest BCUT2D eigenvalue weighted by atomic mass is 9.86. The van der Waals surface area contributed by atoms with Crippen LogP contribution in [0.4, 0.5) is 0 Å². The van der Waals surface area contributed by atoms with Crippen LogP contribution < -0.4 is 4.90 Å². The predicted octanol–water partition coefficient (Wildman–Crippen LogP) is -0.318. The molecule has 1 aliphatic rings. The highest BCUT2D eigenvalue weighted by Gasteiger charge is 2.24. The molecule has 0 aromatic carbocycles. The Bertz CT molecular complexity index is 114. The molecular weight excluding hydrogens is 138 g/mol. The first kappa shape index (κ1) is 9.01. The quantitative estimate of drug-likeness (QED) is 0.566. The number of aliphatic hydroxyl groups is 1. The van der Waals surface area contributed by atoms with Gasteiger partial charge in [-0.25, -0.2) is 0 Å². The number of quaternary nitrogens is 1. The van der Waals surface area contributed by atoms with E-state index in [0.29, 0.717) is 5.92 Å². The van der Waals surface area contributed by atoms with E-state index in [1.54, 1.807) is 0 Å². The molecule has 2 atom stereocenters. The molecule has 2 heteroatoms. The van der Waals surface area contributed by atoms with Gasteiger partial charge in [0.15, 0.2) is 0 Å². The average molecular weight is 158 g/mol. The van der Waals surface area contributed by atoms with Crippen molar-refractivity contribution < 1.29 is 10.0 Å². The fraction of sp³-hybridized carbons (Fsp3) is 1.00. The second-order valence-electron chi connectivity index (χ2n) is 4.02. The van der Waals surface area contributed by atoms with Crippen molar-refractivity contribution in [1.82, 2.24) is 0 Å². The zero-order chi connectivity index (χ0) is 8.27. The van der Waals surface area contributed by atoms with Gasteiger partial charge in [0.1, 0.15) is 0 Å². The summed E-state index contributed by atoms with van der Waals surface area (Å²) in [4.78, 5) is 1.45. The topological polar surface area (TPSA) is 24.7 Å². The molecule has 0 bridgehead atoms. The van der Waals surface area contributed by atoms with Crippen molar-refractivity contribution in [2.75, 3.05) is 20.6 Å². The second-order valence-corrected chi connectivity index (χ2v) is 4.02. The summed E-state index contributed by atoms with van der Waals surface area (Å²) in [5, 5.41) is 9.60. The fourth-order valence-electron chi connectivity index (χ4n) is 1.95. The third-order valence-corrected chi connectivity index (χ3v) is 2.54. The summed E-state index contributed by atoms with van der Waals surface area (Å²) in [6.07, 6.45) is 4.78. The summed E-state index contributed by atoms with van der Waals surface area (Å²) in [6.45, 7) is 1.13. The number of aliphatic hydroxyl groups excluding tert-OH is 1. The Kier molecular flexibility index (Phi) is 3.34. The van der Waals surface area contributed by atoms with E-state index in [1.165, 1.54) is 24.2 Å². The lowest BCUT2D eigenvalue weighted by Gasteiger charge is -2.27. The number of rotatable bonds is 2. The smallest absolute Gasteiger partial charge is 0.0820 e. The third-order valence-electron chi connectivity index (χ3n) is 2.54. The molecule has 0 amide bonds. The van der Waals surface area contributed by atoms with Gasteiger partial charge in [0.25, 0.3) is 0 Å². The van der Waals surface area contributed by atoms with Gasteiger partial charge in [-0.2, -0.15) is 0 Å². The van der Waals surface area contributed by atoms with Crippen molar-refractivity contribution in [3.8, 4) is 0 Å². The molecule has 2 N–H and O–H groups in total. The molecule has 0 aliphatic heterocycles. The molecule has 1 saturated carbocycles. The van der Waals surface area contributed by atoms with E-state index in [9.17, 15) is 5.11 Å². The zero-order valence-corrected chi connectivity index (χ0v) is 7.64. The summed E-state index contributed by atoms with van der Waals surface area (Å²) in [5.41, 5.74) is 0. The Morgan fingerprint density at radius 3 is 2.45 bits per heavy atom. The lowest BCUT2D eigenvalue weighted by Crippen LogP contribution is -3.06. The van der Waals surface area contributed by atoms with Crippen LogP contribution in [0, 0.1) is 5.92 Å². The molecule has 0 saturated heterocycles. The van der Waals surface area contributed by atoms with Crippen LogP contribution in [0.3, 0.4) is 0 Å². The first-order valence-electron chi connectivity index (χ1n) is 4.67. The molecule has 0 aromatic rings. The van der Waals surface area contributed by atoms with Crippen LogP contribution in [0.15, 0.2) is 0 Å². The number of nitrogens with one attached hydrogen (secondary N) is 1. The number of hydrogen-bond acceptors (Lipinski definition) is 1. The van der Waals surface area contributed by atoms with E-state index >= 15 is 0 Å². The minimum absolute atomic E-state index is 0.0151. The maximum atomic E-state index is 9.60. The minimum Gasteiger partial charge on any atom is -0.393 e. The van der Waals surface area contributed by atoms with Gasteiger partial charge in [-0.1, -0.05) is 12.8 Å². The van der Waals surface area contributed by atoms with Gasteiger partial charge in [-0.05, 0) is 12.8 Å². The Hall–Kier alpha value is -0.0800. The SMILES string of the molecule is C[NH+](C)C[C@H]1CCCC[C@@H]1O. The van der Waals surface area contributed by atoms with Crippen molar-refractivity contribution in [2.45, 2.75) is 31.8 Å². The normalized spacial score (nSPS) is 32.7. The van der Waals surface area contributed by atoms with Crippen molar-refractivity contribution in [3.63, 3.8) is 0 Å². The van der Waals surface area contributed by atoms with Crippen molar-refractivity contribution in [2.24, 2.45) is 5.92 Å². The highest BCUT2D eigenvalue weighted by molar-refractivity contribution is 4.73. The molecule has 11 heavy (non-hydrogen) atoms. The van der Waals surface area contributed by atoms with Crippen LogP contribution in [0.2, 0.25) is 0 Å². The van der Waals surface area contributed by atoms with Crippen LogP contribution in [0.5, 0.6) is 0 Å². The zero-order valence-electron chi connectivity index (χ0n) is 7.64. The van der Waals surface area contributed by atoms with Gasteiger partial charge in [0.05, 0.1) is 26.7 Å². The average Bonchev–Trinajstić information content (AvgIpc) is 1.93. The molecule has 0 spiro atoms. The third kappa shape index (κ3) is 2.80. The molecule has 2 nitrogen and oxygen atoms in total. The Balaban J connectivity index is 2.29. The maximum Gasteiger partial charge on any atom is 0.0820 e. The van der Waals surface area contributed by atoms with E-state index in [4.69, 9.17) is 0 Å². The van der Waals surface area contributed by atoms with Crippen LogP contribution >= 0.6 is 0 Å². The molecular formula is C9H20NO+. The predicted molar refractivity (Wildman–Crippen MR) is 45.6 cm³/mol. The molecule has 1 fully saturated rings.